The van der Waals surface area contributed by atoms with Crippen LogP contribution in [-0.4, -0.2) is 42.6 Å². The lowest BCUT2D eigenvalue weighted by molar-refractivity contribution is -0.137. The van der Waals surface area contributed by atoms with Crippen molar-refractivity contribution >= 4 is 22.4 Å². The van der Waals surface area contributed by atoms with Gasteiger partial charge >= 0.3 is 6.18 Å². The zero-order chi connectivity index (χ0) is 25.9. The van der Waals surface area contributed by atoms with Crippen LogP contribution in [0.2, 0.25) is 0 Å². The number of benzene rings is 3. The lowest BCUT2D eigenvalue weighted by atomic mass is 9.92. The topological polar surface area (TPSA) is 41.9 Å². The van der Waals surface area contributed by atoms with Crippen molar-refractivity contribution in [2.24, 2.45) is 10.9 Å². The summed E-state index contributed by atoms with van der Waals surface area (Å²) in [7, 11) is 0. The van der Waals surface area contributed by atoms with Crippen LogP contribution in [0.3, 0.4) is 0 Å². The summed E-state index contributed by atoms with van der Waals surface area (Å²) in [6.07, 6.45) is -5.42. The van der Waals surface area contributed by atoms with E-state index in [1.165, 1.54) is 12.1 Å². The minimum Gasteiger partial charge on any atom is -0.457 e. The van der Waals surface area contributed by atoms with Gasteiger partial charge in [0.25, 0.3) is 12.3 Å². The average molecular weight is 504 g/mol. The highest BCUT2D eigenvalue weighted by Crippen LogP contribution is 2.34. The summed E-state index contributed by atoms with van der Waals surface area (Å²) in [5.74, 6) is 0.391. The number of carbonyl (C=O) groups is 1. The van der Waals surface area contributed by atoms with E-state index < -0.39 is 24.1 Å². The quantitative estimate of drug-likeness (QED) is 0.263. The highest BCUT2D eigenvalue weighted by Gasteiger charge is 2.30. The van der Waals surface area contributed by atoms with Gasteiger partial charge in [0, 0.05) is 16.7 Å². The zero-order valence-corrected chi connectivity index (χ0v) is 19.6. The normalized spacial score (nSPS) is 16.0. The molecule has 0 bridgehead atoms. The van der Waals surface area contributed by atoms with Crippen molar-refractivity contribution in [3.63, 3.8) is 0 Å². The number of alkyl halides is 5. The van der Waals surface area contributed by atoms with E-state index in [9.17, 15) is 26.7 Å². The van der Waals surface area contributed by atoms with Gasteiger partial charge in [0.2, 0.25) is 0 Å². The van der Waals surface area contributed by atoms with E-state index in [0.717, 1.165) is 17.5 Å². The Hall–Kier alpha value is -3.33. The molecule has 1 aliphatic heterocycles. The molecule has 190 valence electrons. The van der Waals surface area contributed by atoms with E-state index >= 15 is 0 Å². The number of fused-ring (bicyclic) bond motifs is 1. The maximum atomic E-state index is 12.8. The maximum absolute atomic E-state index is 12.8. The molecule has 0 aromatic heterocycles. The van der Waals surface area contributed by atoms with Crippen LogP contribution in [0.1, 0.15) is 35.7 Å². The van der Waals surface area contributed by atoms with E-state index in [0.29, 0.717) is 48.3 Å². The van der Waals surface area contributed by atoms with Gasteiger partial charge in [0.1, 0.15) is 11.5 Å². The van der Waals surface area contributed by atoms with Crippen LogP contribution < -0.4 is 4.74 Å². The van der Waals surface area contributed by atoms with Gasteiger partial charge in [-0.05, 0) is 92.7 Å². The van der Waals surface area contributed by atoms with E-state index in [-0.39, 0.29) is 18.2 Å². The highest BCUT2D eigenvalue weighted by atomic mass is 19.4. The summed E-state index contributed by atoms with van der Waals surface area (Å²) in [4.78, 5) is 18.8. The number of halogens is 5. The van der Waals surface area contributed by atoms with Crippen molar-refractivity contribution in [1.29, 1.82) is 0 Å². The second-order valence-corrected chi connectivity index (χ2v) is 8.84. The number of amides is 1. The molecule has 1 heterocycles. The number of carbonyl (C=O) groups excluding carboxylic acids is 1. The van der Waals surface area contributed by atoms with Crippen molar-refractivity contribution in [2.45, 2.75) is 32.4 Å². The summed E-state index contributed by atoms with van der Waals surface area (Å²) in [5, 5.41) is 1.42. The first-order valence-corrected chi connectivity index (χ1v) is 11.6. The summed E-state index contributed by atoms with van der Waals surface area (Å²) < 4.78 is 69.3. The Bertz CT molecular complexity index is 1250. The molecule has 36 heavy (non-hydrogen) atoms. The molecule has 1 aliphatic rings. The van der Waals surface area contributed by atoms with Gasteiger partial charge in [-0.3, -0.25) is 9.69 Å². The molecule has 4 rings (SSSR count). The van der Waals surface area contributed by atoms with Crippen molar-refractivity contribution in [3.8, 4) is 11.5 Å². The smallest absolute Gasteiger partial charge is 0.416 e. The van der Waals surface area contributed by atoms with E-state index in [2.05, 4.69) is 4.99 Å². The van der Waals surface area contributed by atoms with Gasteiger partial charge in [-0.2, -0.15) is 13.2 Å². The number of nitrogens with zero attached hydrogens (tertiary/aromatic N) is 2. The predicted molar refractivity (Wildman–Crippen MR) is 128 cm³/mol. The average Bonchev–Trinajstić information content (AvgIpc) is 2.83. The molecular weight excluding hydrogens is 479 g/mol. The number of rotatable bonds is 6. The molecule has 0 unspecified atom stereocenters. The molecule has 1 amide bonds. The van der Waals surface area contributed by atoms with E-state index in [1.54, 1.807) is 48.2 Å². The van der Waals surface area contributed by atoms with Crippen LogP contribution in [0, 0.1) is 5.92 Å². The largest absolute Gasteiger partial charge is 0.457 e. The van der Waals surface area contributed by atoms with Crippen LogP contribution in [0.25, 0.3) is 10.8 Å². The molecule has 4 nitrogen and oxygen atoms in total. The molecule has 9 heteroatoms. The Morgan fingerprint density at radius 3 is 2.39 bits per heavy atom. The lowest BCUT2D eigenvalue weighted by Crippen LogP contribution is -2.38. The molecule has 1 saturated heterocycles. The fourth-order valence-corrected chi connectivity index (χ4v) is 4.36. The Morgan fingerprint density at radius 1 is 1.06 bits per heavy atom. The fraction of sp³-hybridized carbons (Fsp3) is 0.333. The third kappa shape index (κ3) is 6.26. The third-order valence-electron chi connectivity index (χ3n) is 6.35. The monoisotopic (exact) mass is 504 g/mol. The van der Waals surface area contributed by atoms with Crippen LogP contribution in [0.4, 0.5) is 22.0 Å². The van der Waals surface area contributed by atoms with Gasteiger partial charge in [-0.15, -0.1) is 0 Å². The molecule has 3 aromatic carbocycles. The van der Waals surface area contributed by atoms with Crippen LogP contribution in [-0.2, 0) is 6.18 Å². The van der Waals surface area contributed by atoms with Gasteiger partial charge in [-0.1, -0.05) is 12.1 Å². The third-order valence-corrected chi connectivity index (χ3v) is 6.35. The maximum Gasteiger partial charge on any atom is 0.416 e. The van der Waals surface area contributed by atoms with Crippen LogP contribution in [0.15, 0.2) is 65.7 Å². The number of piperidine rings is 1. The van der Waals surface area contributed by atoms with Crippen molar-refractivity contribution < 1.29 is 31.5 Å². The number of likely N-dealkylation sites (tertiary alicyclic amines) is 1. The van der Waals surface area contributed by atoms with Gasteiger partial charge in [0.15, 0.2) is 0 Å². The first kappa shape index (κ1) is 25.8. The Kier molecular flexibility index (Phi) is 7.68. The second-order valence-electron chi connectivity index (χ2n) is 8.84. The fourth-order valence-electron chi connectivity index (χ4n) is 4.36. The van der Waals surface area contributed by atoms with Crippen molar-refractivity contribution in [1.82, 2.24) is 4.90 Å². The van der Waals surface area contributed by atoms with Crippen molar-refractivity contribution in [2.75, 3.05) is 19.6 Å². The molecule has 0 saturated carbocycles. The standard InChI is InChI=1S/C27H25F5N2O2/c1-17(18-11-13-34(14-12-18)16-25(28)29)33-26(35)20-5-10-23-19(15-20)3-2-4-24(23)36-22-8-6-21(7-9-22)27(30,31)32/h2-10,15,18,25H,11-14,16H2,1H3/b33-17+. The minimum atomic E-state index is -4.42. The second kappa shape index (κ2) is 10.7. The SMILES string of the molecule is C/C(=N\C(=O)c1ccc2c(Oc3ccc(C(F)(F)F)cc3)cccc2c1)C1CCN(CC(F)F)CC1. The molecule has 0 N–H and O–H groups in total. The molecule has 3 aromatic rings. The zero-order valence-electron chi connectivity index (χ0n) is 19.6. The first-order chi connectivity index (χ1) is 17.1. The van der Waals surface area contributed by atoms with E-state index in [4.69, 9.17) is 4.74 Å². The molecule has 0 aliphatic carbocycles. The predicted octanol–water partition coefficient (Wildman–Crippen LogP) is 7.23. The highest BCUT2D eigenvalue weighted by molar-refractivity contribution is 6.06. The lowest BCUT2D eigenvalue weighted by Gasteiger charge is -2.31. The molecule has 0 radical (unpaired) electrons. The van der Waals surface area contributed by atoms with Crippen LogP contribution in [0.5, 0.6) is 11.5 Å². The first-order valence-electron chi connectivity index (χ1n) is 11.6. The Morgan fingerprint density at radius 2 is 1.75 bits per heavy atom. The van der Waals surface area contributed by atoms with Gasteiger partial charge in [0.05, 0.1) is 12.1 Å². The summed E-state index contributed by atoms with van der Waals surface area (Å²) >= 11 is 0. The van der Waals surface area contributed by atoms with Gasteiger partial charge in [-0.25, -0.2) is 13.8 Å². The summed E-state index contributed by atoms with van der Waals surface area (Å²) in [6, 6.07) is 14.7. The molecule has 1 fully saturated rings. The number of hydrogen-bond donors (Lipinski definition) is 0. The van der Waals surface area contributed by atoms with E-state index in [1.807, 2.05) is 0 Å². The number of ether oxygens (including phenoxy) is 1. The summed E-state index contributed by atoms with van der Waals surface area (Å²) in [6.45, 7) is 2.66. The van der Waals surface area contributed by atoms with Gasteiger partial charge < -0.3 is 4.74 Å². The van der Waals surface area contributed by atoms with Crippen molar-refractivity contribution in [3.05, 3.63) is 71.8 Å². The Balaban J connectivity index is 1.46. The minimum absolute atomic E-state index is 0.0760. The molecule has 0 spiro atoms. The van der Waals surface area contributed by atoms with Crippen LogP contribution >= 0.6 is 0 Å². The molecule has 0 atom stereocenters. The number of aliphatic imine (C=N–C) groups is 1. The number of hydrogen-bond acceptors (Lipinski definition) is 3. The summed E-state index contributed by atoms with van der Waals surface area (Å²) in [5.41, 5.74) is 0.324. The molecular formula is C27H25F5N2O2. The Labute approximate surface area is 205 Å².